The lowest BCUT2D eigenvalue weighted by molar-refractivity contribution is 0.0313. The van der Waals surface area contributed by atoms with Crippen LogP contribution in [0.4, 0.5) is 5.13 Å². The first-order valence-electron chi connectivity index (χ1n) is 5.96. The zero-order valence-corrected chi connectivity index (χ0v) is 11.3. The smallest absolute Gasteiger partial charge is 0.184 e. The maximum absolute atomic E-state index is 5.84. The van der Waals surface area contributed by atoms with Gasteiger partial charge in [0.15, 0.2) is 5.13 Å². The Bertz CT molecular complexity index is 339. The van der Waals surface area contributed by atoms with E-state index in [0.717, 1.165) is 37.4 Å². The maximum atomic E-state index is 5.84. The van der Waals surface area contributed by atoms with E-state index in [1.165, 1.54) is 11.3 Å². The summed E-state index contributed by atoms with van der Waals surface area (Å²) >= 11 is 7.23. The summed E-state index contributed by atoms with van der Waals surface area (Å²) in [4.78, 5) is 4.11. The molecule has 0 bridgehead atoms. The Hall–Kier alpha value is -0.360. The van der Waals surface area contributed by atoms with Crippen molar-refractivity contribution in [3.05, 3.63) is 10.5 Å². The average Bonchev–Trinajstić information content (AvgIpc) is 2.73. The Morgan fingerprint density at radius 3 is 2.88 bits per heavy atom. The summed E-state index contributed by atoms with van der Waals surface area (Å²) in [5, 5.41) is 6.39. The van der Waals surface area contributed by atoms with Gasteiger partial charge in [0.05, 0.1) is 12.7 Å². The molecule has 0 radical (unpaired) electrons. The van der Waals surface area contributed by atoms with Crippen LogP contribution < -0.4 is 11.1 Å². The number of nitrogens with one attached hydrogen (secondary N) is 1. The minimum absolute atomic E-state index is 0.380. The van der Waals surface area contributed by atoms with Gasteiger partial charge in [0.1, 0.15) is 5.15 Å². The largest absolute Gasteiger partial charge is 0.376 e. The van der Waals surface area contributed by atoms with Gasteiger partial charge in [-0.05, 0) is 25.7 Å². The van der Waals surface area contributed by atoms with E-state index in [9.17, 15) is 0 Å². The molecule has 1 saturated carbocycles. The van der Waals surface area contributed by atoms with E-state index < -0.39 is 0 Å². The molecule has 0 spiro atoms. The van der Waals surface area contributed by atoms with Crippen molar-refractivity contribution in [2.45, 2.75) is 37.8 Å². The molecule has 2 rings (SSSR count). The highest BCUT2D eigenvalue weighted by Crippen LogP contribution is 2.20. The van der Waals surface area contributed by atoms with Crippen LogP contribution in [0, 0.1) is 0 Å². The molecule has 4 nitrogen and oxygen atoms in total. The van der Waals surface area contributed by atoms with Gasteiger partial charge in [0.2, 0.25) is 0 Å². The Morgan fingerprint density at radius 1 is 1.47 bits per heavy atom. The first kappa shape index (κ1) is 13.1. The standard InChI is InChI=1S/C11H18ClN3OS/c12-10-7-17-11(15-10)14-5-6-16-9-3-1-8(13)2-4-9/h7-9H,1-6,13H2,(H,14,15). The molecule has 1 aromatic heterocycles. The van der Waals surface area contributed by atoms with E-state index >= 15 is 0 Å². The lowest BCUT2D eigenvalue weighted by Crippen LogP contribution is -2.31. The van der Waals surface area contributed by atoms with Crippen LogP contribution in [0.2, 0.25) is 5.15 Å². The van der Waals surface area contributed by atoms with Crippen molar-refractivity contribution in [2.75, 3.05) is 18.5 Å². The first-order valence-corrected chi connectivity index (χ1v) is 7.22. The SMILES string of the molecule is NC1CCC(OCCNc2nc(Cl)cs2)CC1. The summed E-state index contributed by atoms with van der Waals surface area (Å²) in [7, 11) is 0. The zero-order chi connectivity index (χ0) is 12.1. The van der Waals surface area contributed by atoms with Crippen molar-refractivity contribution in [2.24, 2.45) is 5.73 Å². The summed E-state index contributed by atoms with van der Waals surface area (Å²) in [6, 6.07) is 0.380. The molecule has 6 heteroatoms. The van der Waals surface area contributed by atoms with Gasteiger partial charge in [0, 0.05) is 18.0 Å². The van der Waals surface area contributed by atoms with Gasteiger partial charge in [-0.1, -0.05) is 11.6 Å². The molecule has 1 aromatic rings. The average molecular weight is 276 g/mol. The minimum atomic E-state index is 0.380. The Morgan fingerprint density at radius 2 is 2.24 bits per heavy atom. The van der Waals surface area contributed by atoms with Crippen LogP contribution in [0.3, 0.4) is 0 Å². The third-order valence-electron chi connectivity index (χ3n) is 2.93. The van der Waals surface area contributed by atoms with E-state index in [0.29, 0.717) is 23.9 Å². The predicted molar refractivity (Wildman–Crippen MR) is 71.8 cm³/mol. The number of nitrogens with two attached hydrogens (primary N) is 1. The van der Waals surface area contributed by atoms with E-state index in [4.69, 9.17) is 22.1 Å². The quantitative estimate of drug-likeness (QED) is 0.811. The van der Waals surface area contributed by atoms with Gasteiger partial charge in [0.25, 0.3) is 0 Å². The van der Waals surface area contributed by atoms with Crippen LogP contribution in [0.15, 0.2) is 5.38 Å². The molecule has 0 amide bonds. The van der Waals surface area contributed by atoms with Crippen molar-refractivity contribution < 1.29 is 4.74 Å². The van der Waals surface area contributed by atoms with Crippen LogP contribution in [0.25, 0.3) is 0 Å². The molecule has 1 heterocycles. The van der Waals surface area contributed by atoms with Crippen molar-refractivity contribution >= 4 is 28.1 Å². The van der Waals surface area contributed by atoms with E-state index in [1.807, 2.05) is 5.38 Å². The van der Waals surface area contributed by atoms with Gasteiger partial charge in [-0.3, -0.25) is 0 Å². The molecule has 1 aliphatic carbocycles. The van der Waals surface area contributed by atoms with E-state index in [-0.39, 0.29) is 0 Å². The zero-order valence-electron chi connectivity index (χ0n) is 9.69. The molecule has 0 unspecified atom stereocenters. The third-order valence-corrected chi connectivity index (χ3v) is 4.05. The predicted octanol–water partition coefficient (Wildman–Crippen LogP) is 2.49. The van der Waals surface area contributed by atoms with Crippen LogP contribution in [0.5, 0.6) is 0 Å². The normalized spacial score (nSPS) is 24.8. The highest BCUT2D eigenvalue weighted by Gasteiger charge is 2.18. The number of nitrogens with zero attached hydrogens (tertiary/aromatic N) is 1. The van der Waals surface area contributed by atoms with Gasteiger partial charge in [-0.25, -0.2) is 4.98 Å². The summed E-state index contributed by atoms with van der Waals surface area (Å²) in [5.74, 6) is 0. The first-order chi connectivity index (χ1) is 8.24. The number of halogens is 1. The topological polar surface area (TPSA) is 60.2 Å². The van der Waals surface area contributed by atoms with Crippen molar-refractivity contribution in [1.82, 2.24) is 4.98 Å². The van der Waals surface area contributed by atoms with E-state index in [1.54, 1.807) is 0 Å². The summed E-state index contributed by atoms with van der Waals surface area (Å²) in [5.41, 5.74) is 5.84. The molecule has 0 atom stereocenters. The van der Waals surface area contributed by atoms with Gasteiger partial charge in [-0.15, -0.1) is 11.3 Å². The fourth-order valence-corrected chi connectivity index (χ4v) is 2.84. The van der Waals surface area contributed by atoms with Crippen LogP contribution in [-0.2, 0) is 4.74 Å². The highest BCUT2D eigenvalue weighted by molar-refractivity contribution is 7.14. The minimum Gasteiger partial charge on any atom is -0.376 e. The molecule has 1 fully saturated rings. The Balaban J connectivity index is 1.57. The maximum Gasteiger partial charge on any atom is 0.184 e. The summed E-state index contributed by atoms with van der Waals surface area (Å²) in [6.45, 7) is 1.48. The third kappa shape index (κ3) is 4.43. The van der Waals surface area contributed by atoms with Gasteiger partial charge >= 0.3 is 0 Å². The number of aromatic nitrogens is 1. The molecule has 0 aromatic carbocycles. The van der Waals surface area contributed by atoms with Crippen molar-refractivity contribution in [3.63, 3.8) is 0 Å². The monoisotopic (exact) mass is 275 g/mol. The van der Waals surface area contributed by atoms with Crippen LogP contribution in [-0.4, -0.2) is 30.3 Å². The molecule has 0 aliphatic heterocycles. The molecule has 0 saturated heterocycles. The van der Waals surface area contributed by atoms with Crippen LogP contribution in [0.1, 0.15) is 25.7 Å². The van der Waals surface area contributed by atoms with Crippen molar-refractivity contribution in [3.8, 4) is 0 Å². The second-order valence-electron chi connectivity index (χ2n) is 4.31. The number of ether oxygens (including phenoxy) is 1. The van der Waals surface area contributed by atoms with Crippen molar-refractivity contribution in [1.29, 1.82) is 0 Å². The molecular formula is C11H18ClN3OS. The summed E-state index contributed by atoms with van der Waals surface area (Å²) in [6.07, 6.45) is 4.73. The Kier molecular flexibility index (Phi) is 5.03. The number of hydrogen-bond acceptors (Lipinski definition) is 5. The lowest BCUT2D eigenvalue weighted by atomic mass is 9.94. The number of hydrogen-bond donors (Lipinski definition) is 2. The molecular weight excluding hydrogens is 258 g/mol. The summed E-state index contributed by atoms with van der Waals surface area (Å²) < 4.78 is 5.79. The van der Waals surface area contributed by atoms with Gasteiger partial charge < -0.3 is 15.8 Å². The highest BCUT2D eigenvalue weighted by atomic mass is 35.5. The number of thiazole rings is 1. The lowest BCUT2D eigenvalue weighted by Gasteiger charge is -2.26. The fourth-order valence-electron chi connectivity index (χ4n) is 1.97. The molecule has 1 aliphatic rings. The van der Waals surface area contributed by atoms with E-state index in [2.05, 4.69) is 10.3 Å². The number of rotatable bonds is 5. The Labute approximate surface area is 111 Å². The number of anilines is 1. The second kappa shape index (κ2) is 6.54. The van der Waals surface area contributed by atoms with Gasteiger partial charge in [-0.2, -0.15) is 0 Å². The fraction of sp³-hybridized carbons (Fsp3) is 0.727. The second-order valence-corrected chi connectivity index (χ2v) is 5.56. The molecule has 3 N–H and O–H groups in total. The molecule has 17 heavy (non-hydrogen) atoms. The molecule has 96 valence electrons. The van der Waals surface area contributed by atoms with Crippen LogP contribution >= 0.6 is 22.9 Å².